The predicted octanol–water partition coefficient (Wildman–Crippen LogP) is 2.65. The normalized spacial score (nSPS) is 22.8. The summed E-state index contributed by atoms with van der Waals surface area (Å²) in [6.45, 7) is 1.07. The summed E-state index contributed by atoms with van der Waals surface area (Å²) in [7, 11) is -3.35. The lowest BCUT2D eigenvalue weighted by Gasteiger charge is -2.14. The van der Waals surface area contributed by atoms with Crippen LogP contribution >= 0.6 is 34.5 Å². The Labute approximate surface area is 109 Å². The van der Waals surface area contributed by atoms with Crippen LogP contribution in [-0.2, 0) is 10.0 Å². The summed E-state index contributed by atoms with van der Waals surface area (Å²) in [5, 5.41) is 0. The first kappa shape index (κ1) is 12.6. The fraction of sp³-hybridized carbons (Fsp3) is 0.556. The van der Waals surface area contributed by atoms with Gasteiger partial charge in [0.15, 0.2) is 0 Å². The van der Waals surface area contributed by atoms with E-state index in [1.165, 1.54) is 4.31 Å². The molecule has 1 aromatic heterocycles. The van der Waals surface area contributed by atoms with E-state index in [1.54, 1.807) is 12.1 Å². The van der Waals surface area contributed by atoms with E-state index in [9.17, 15) is 8.42 Å². The molecule has 7 heteroatoms. The van der Waals surface area contributed by atoms with E-state index in [0.29, 0.717) is 27.5 Å². The van der Waals surface area contributed by atoms with Gasteiger partial charge in [-0.2, -0.15) is 4.31 Å². The van der Waals surface area contributed by atoms with Gasteiger partial charge in [0.25, 0.3) is 10.0 Å². The van der Waals surface area contributed by atoms with Crippen LogP contribution in [0.15, 0.2) is 16.3 Å². The summed E-state index contributed by atoms with van der Waals surface area (Å²) in [5.74, 6) is 0.781. The quantitative estimate of drug-likeness (QED) is 0.805. The number of nitrogens with zero attached hydrogens (tertiary/aromatic N) is 1. The SMILES string of the molecule is O=S(=O)(c1ccc(Cl)s1)N1CCC(CCl)C1. The molecule has 1 fully saturated rings. The fourth-order valence-electron chi connectivity index (χ4n) is 1.70. The second-order valence-corrected chi connectivity index (χ2v) is 7.92. The molecule has 0 saturated carbocycles. The zero-order valence-electron chi connectivity index (χ0n) is 8.40. The lowest BCUT2D eigenvalue weighted by Crippen LogP contribution is -2.28. The van der Waals surface area contributed by atoms with Gasteiger partial charge < -0.3 is 0 Å². The van der Waals surface area contributed by atoms with Crippen molar-refractivity contribution >= 4 is 44.6 Å². The molecule has 16 heavy (non-hydrogen) atoms. The molecule has 0 aromatic carbocycles. The van der Waals surface area contributed by atoms with E-state index in [2.05, 4.69) is 0 Å². The van der Waals surface area contributed by atoms with Crippen molar-refractivity contribution in [3.05, 3.63) is 16.5 Å². The van der Waals surface area contributed by atoms with Crippen LogP contribution in [0.25, 0.3) is 0 Å². The van der Waals surface area contributed by atoms with Gasteiger partial charge >= 0.3 is 0 Å². The van der Waals surface area contributed by atoms with Gasteiger partial charge in [0.2, 0.25) is 0 Å². The van der Waals surface area contributed by atoms with Crippen molar-refractivity contribution in [1.82, 2.24) is 4.31 Å². The largest absolute Gasteiger partial charge is 0.252 e. The van der Waals surface area contributed by atoms with Crippen LogP contribution in [-0.4, -0.2) is 31.7 Å². The molecule has 0 bridgehead atoms. The van der Waals surface area contributed by atoms with Crippen LogP contribution < -0.4 is 0 Å². The van der Waals surface area contributed by atoms with E-state index in [-0.39, 0.29) is 5.92 Å². The first-order valence-electron chi connectivity index (χ1n) is 4.85. The molecule has 3 nitrogen and oxygen atoms in total. The number of rotatable bonds is 3. The van der Waals surface area contributed by atoms with Gasteiger partial charge in [-0.15, -0.1) is 22.9 Å². The highest BCUT2D eigenvalue weighted by Gasteiger charge is 2.32. The minimum absolute atomic E-state index is 0.270. The number of alkyl halides is 1. The average molecular weight is 300 g/mol. The standard InChI is InChI=1S/C9H11Cl2NO2S2/c10-5-7-3-4-12(6-7)16(13,14)9-2-1-8(11)15-9/h1-2,7H,3-6H2. The van der Waals surface area contributed by atoms with Crippen LogP contribution in [0.2, 0.25) is 4.34 Å². The maximum absolute atomic E-state index is 12.1. The maximum atomic E-state index is 12.1. The summed E-state index contributed by atoms with van der Waals surface area (Å²) in [5.41, 5.74) is 0. The number of thiophene rings is 1. The predicted molar refractivity (Wildman–Crippen MR) is 66.9 cm³/mol. The van der Waals surface area contributed by atoms with Crippen molar-refractivity contribution in [2.24, 2.45) is 5.92 Å². The third kappa shape index (κ3) is 2.38. The third-order valence-electron chi connectivity index (χ3n) is 2.61. The van der Waals surface area contributed by atoms with Gasteiger partial charge in [0.1, 0.15) is 4.21 Å². The number of hydrogen-bond acceptors (Lipinski definition) is 3. The molecule has 2 rings (SSSR count). The first-order valence-corrected chi connectivity index (χ1v) is 8.02. The van der Waals surface area contributed by atoms with Crippen molar-refractivity contribution in [3.63, 3.8) is 0 Å². The molecule has 0 radical (unpaired) electrons. The highest BCUT2D eigenvalue weighted by Crippen LogP contribution is 2.31. The van der Waals surface area contributed by atoms with E-state index >= 15 is 0 Å². The Balaban J connectivity index is 2.21. The molecular formula is C9H11Cl2NO2S2. The highest BCUT2D eigenvalue weighted by atomic mass is 35.5. The zero-order valence-corrected chi connectivity index (χ0v) is 11.5. The molecule has 1 aliphatic rings. The van der Waals surface area contributed by atoms with Gasteiger partial charge in [-0.1, -0.05) is 11.6 Å². The highest BCUT2D eigenvalue weighted by molar-refractivity contribution is 7.91. The van der Waals surface area contributed by atoms with Gasteiger partial charge in [-0.3, -0.25) is 0 Å². The number of sulfonamides is 1. The molecule has 90 valence electrons. The molecule has 1 aromatic rings. The molecule has 0 aliphatic carbocycles. The maximum Gasteiger partial charge on any atom is 0.252 e. The Morgan fingerprint density at radius 3 is 2.75 bits per heavy atom. The van der Waals surface area contributed by atoms with E-state index in [0.717, 1.165) is 17.8 Å². The van der Waals surface area contributed by atoms with Crippen molar-refractivity contribution < 1.29 is 8.42 Å². The summed E-state index contributed by atoms with van der Waals surface area (Å²) >= 11 is 12.6. The number of halogens is 2. The molecule has 1 aliphatic heterocycles. The van der Waals surface area contributed by atoms with Crippen molar-refractivity contribution in [1.29, 1.82) is 0 Å². The second kappa shape index (κ2) is 4.82. The molecule has 1 saturated heterocycles. The Bertz CT molecular complexity index is 472. The van der Waals surface area contributed by atoms with Crippen LogP contribution in [0, 0.1) is 5.92 Å². The Hall–Kier alpha value is 0.190. The third-order valence-corrected chi connectivity index (χ3v) is 6.61. The lowest BCUT2D eigenvalue weighted by molar-refractivity contribution is 0.467. The average Bonchev–Trinajstić information content (AvgIpc) is 2.85. The summed E-state index contributed by atoms with van der Waals surface area (Å²) < 4.78 is 26.6. The minimum Gasteiger partial charge on any atom is -0.206 e. The zero-order chi connectivity index (χ0) is 11.8. The molecule has 0 amide bonds. The summed E-state index contributed by atoms with van der Waals surface area (Å²) in [4.78, 5) is 0. The molecular weight excluding hydrogens is 289 g/mol. The van der Waals surface area contributed by atoms with Gasteiger partial charge in [-0.25, -0.2) is 8.42 Å². The Kier molecular flexibility index (Phi) is 3.81. The van der Waals surface area contributed by atoms with Crippen molar-refractivity contribution in [2.45, 2.75) is 10.6 Å². The number of hydrogen-bond donors (Lipinski definition) is 0. The molecule has 0 N–H and O–H groups in total. The van der Waals surface area contributed by atoms with Crippen LogP contribution in [0.1, 0.15) is 6.42 Å². The van der Waals surface area contributed by atoms with Gasteiger partial charge in [-0.05, 0) is 24.5 Å². The monoisotopic (exact) mass is 299 g/mol. The first-order chi connectivity index (χ1) is 7.54. The fourth-order valence-corrected chi connectivity index (χ4v) is 5.12. The topological polar surface area (TPSA) is 37.4 Å². The van der Waals surface area contributed by atoms with Crippen molar-refractivity contribution in [3.8, 4) is 0 Å². The Morgan fingerprint density at radius 1 is 1.50 bits per heavy atom. The van der Waals surface area contributed by atoms with Crippen molar-refractivity contribution in [2.75, 3.05) is 19.0 Å². The van der Waals surface area contributed by atoms with E-state index < -0.39 is 10.0 Å². The van der Waals surface area contributed by atoms with Crippen LogP contribution in [0.5, 0.6) is 0 Å². The van der Waals surface area contributed by atoms with E-state index in [1.807, 2.05) is 0 Å². The second-order valence-electron chi connectivity index (χ2n) is 3.73. The van der Waals surface area contributed by atoms with Gasteiger partial charge in [0, 0.05) is 19.0 Å². The minimum atomic E-state index is -3.35. The smallest absolute Gasteiger partial charge is 0.206 e. The van der Waals surface area contributed by atoms with Crippen LogP contribution in [0.4, 0.5) is 0 Å². The Morgan fingerprint density at radius 2 is 2.25 bits per heavy atom. The summed E-state index contributed by atoms with van der Waals surface area (Å²) in [6, 6.07) is 3.16. The molecule has 0 spiro atoms. The lowest BCUT2D eigenvalue weighted by atomic mass is 10.2. The van der Waals surface area contributed by atoms with E-state index in [4.69, 9.17) is 23.2 Å². The molecule has 1 unspecified atom stereocenters. The van der Waals surface area contributed by atoms with Gasteiger partial charge in [0.05, 0.1) is 4.34 Å². The van der Waals surface area contributed by atoms with Crippen LogP contribution in [0.3, 0.4) is 0 Å². The summed E-state index contributed by atoms with van der Waals surface area (Å²) in [6.07, 6.45) is 0.835. The molecule has 2 heterocycles. The molecule has 1 atom stereocenters.